The van der Waals surface area contributed by atoms with Crippen LogP contribution in [0.2, 0.25) is 0 Å². The molecule has 0 saturated carbocycles. The van der Waals surface area contributed by atoms with Crippen LogP contribution in [0, 0.1) is 0 Å². The maximum absolute atomic E-state index is 6.94. The van der Waals surface area contributed by atoms with E-state index in [0.29, 0.717) is 0 Å². The van der Waals surface area contributed by atoms with Crippen LogP contribution in [0.15, 0.2) is 121 Å². The van der Waals surface area contributed by atoms with Gasteiger partial charge in [-0.1, -0.05) is 121 Å². The van der Waals surface area contributed by atoms with Crippen LogP contribution < -0.4 is 5.73 Å². The quantitative estimate of drug-likeness (QED) is 0.391. The zero-order chi connectivity index (χ0) is 20.6. The number of hydrogen-bond acceptors (Lipinski definition) is 2. The first-order valence-corrected chi connectivity index (χ1v) is 10.5. The van der Waals surface area contributed by atoms with Crippen molar-refractivity contribution in [2.75, 3.05) is 0 Å². The monoisotopic (exact) mass is 392 g/mol. The predicted octanol–water partition coefficient (Wildman–Crippen LogP) is 6.13. The minimum Gasteiger partial charge on any atom is -0.322 e. The minimum atomic E-state index is -0.138. The van der Waals surface area contributed by atoms with Crippen molar-refractivity contribution in [3.8, 4) is 0 Å². The Balaban J connectivity index is 1.75. The molecule has 0 bridgehead atoms. The number of rotatable bonds is 8. The fraction of sp³-hybridized carbons (Fsp3) is 0.143. The van der Waals surface area contributed by atoms with Crippen molar-refractivity contribution in [2.24, 2.45) is 5.73 Å². The van der Waals surface area contributed by atoms with Crippen LogP contribution in [0.1, 0.15) is 34.3 Å². The van der Waals surface area contributed by atoms with Gasteiger partial charge < -0.3 is 5.73 Å². The fourth-order valence-corrected chi connectivity index (χ4v) is 4.04. The zero-order valence-corrected chi connectivity index (χ0v) is 17.1. The molecule has 2 unspecified atom stereocenters. The maximum Gasteiger partial charge on any atom is 0.0548 e. The molecule has 0 aliphatic carbocycles. The number of nitrogens with zero attached hydrogens (tertiary/aromatic N) is 1. The van der Waals surface area contributed by atoms with Crippen LogP contribution in [0.5, 0.6) is 0 Å². The first-order chi connectivity index (χ1) is 14.8. The Morgan fingerprint density at radius 1 is 0.500 bits per heavy atom. The Hall–Kier alpha value is -3.20. The van der Waals surface area contributed by atoms with Gasteiger partial charge in [-0.15, -0.1) is 0 Å². The topological polar surface area (TPSA) is 29.3 Å². The van der Waals surface area contributed by atoms with Crippen LogP contribution in [-0.4, -0.2) is 4.90 Å². The van der Waals surface area contributed by atoms with E-state index in [4.69, 9.17) is 5.73 Å². The Morgan fingerprint density at radius 3 is 1.30 bits per heavy atom. The summed E-state index contributed by atoms with van der Waals surface area (Å²) in [4.78, 5) is 2.50. The molecule has 2 N–H and O–H groups in total. The molecule has 0 saturated heterocycles. The van der Waals surface area contributed by atoms with E-state index in [0.717, 1.165) is 18.7 Å². The van der Waals surface area contributed by atoms with Gasteiger partial charge in [0.2, 0.25) is 0 Å². The Labute approximate surface area is 179 Å². The summed E-state index contributed by atoms with van der Waals surface area (Å²) in [5.74, 6) is 0. The van der Waals surface area contributed by atoms with Gasteiger partial charge in [-0.25, -0.2) is 0 Å². The smallest absolute Gasteiger partial charge is 0.0548 e. The Bertz CT molecular complexity index is 960. The second-order valence-electron chi connectivity index (χ2n) is 7.67. The molecule has 0 fully saturated rings. The summed E-state index contributed by atoms with van der Waals surface area (Å²) in [6.07, 6.45) is 0. The molecule has 4 aromatic rings. The number of benzene rings is 4. The highest BCUT2D eigenvalue weighted by molar-refractivity contribution is 5.28. The third-order valence-electron chi connectivity index (χ3n) is 5.52. The molecule has 4 aromatic carbocycles. The predicted molar refractivity (Wildman–Crippen MR) is 125 cm³/mol. The second-order valence-corrected chi connectivity index (χ2v) is 7.67. The third kappa shape index (κ3) is 5.04. The summed E-state index contributed by atoms with van der Waals surface area (Å²) in [7, 11) is 0. The van der Waals surface area contributed by atoms with Crippen LogP contribution in [0.3, 0.4) is 0 Å². The van der Waals surface area contributed by atoms with Crippen molar-refractivity contribution in [3.63, 3.8) is 0 Å². The molecule has 2 heteroatoms. The number of nitrogens with two attached hydrogens (primary N) is 1. The molecule has 0 aliphatic heterocycles. The summed E-state index contributed by atoms with van der Waals surface area (Å²) in [6, 6.07) is 42.3. The molecular weight excluding hydrogens is 364 g/mol. The standard InChI is InChI=1S/C28H28N2/c29-27(25-17-9-3-10-18-25)28(26-19-11-4-12-20-26)30(21-23-13-5-1-6-14-23)22-24-15-7-2-8-16-24/h1-20,27-28H,21-22,29H2. The van der Waals surface area contributed by atoms with E-state index in [1.165, 1.54) is 16.7 Å². The Morgan fingerprint density at radius 2 is 0.867 bits per heavy atom. The maximum atomic E-state index is 6.94. The minimum absolute atomic E-state index is 0.0500. The average molecular weight is 393 g/mol. The van der Waals surface area contributed by atoms with Gasteiger partial charge in [-0.05, 0) is 22.3 Å². The summed E-state index contributed by atoms with van der Waals surface area (Å²) >= 11 is 0. The highest BCUT2D eigenvalue weighted by atomic mass is 15.2. The molecule has 0 heterocycles. The lowest BCUT2D eigenvalue weighted by Crippen LogP contribution is -2.35. The van der Waals surface area contributed by atoms with Gasteiger partial charge in [0.05, 0.1) is 6.04 Å². The van der Waals surface area contributed by atoms with Gasteiger partial charge in [0, 0.05) is 19.1 Å². The highest BCUT2D eigenvalue weighted by Crippen LogP contribution is 2.34. The number of hydrogen-bond donors (Lipinski definition) is 1. The summed E-state index contributed by atoms with van der Waals surface area (Å²) in [6.45, 7) is 1.66. The van der Waals surface area contributed by atoms with Crippen molar-refractivity contribution in [1.82, 2.24) is 4.90 Å². The van der Waals surface area contributed by atoms with Crippen molar-refractivity contribution in [1.29, 1.82) is 0 Å². The van der Waals surface area contributed by atoms with Crippen molar-refractivity contribution >= 4 is 0 Å². The summed E-state index contributed by atoms with van der Waals surface area (Å²) in [5.41, 5.74) is 11.9. The van der Waals surface area contributed by atoms with Gasteiger partial charge >= 0.3 is 0 Å². The van der Waals surface area contributed by atoms with Gasteiger partial charge in [0.15, 0.2) is 0 Å². The summed E-state index contributed by atoms with van der Waals surface area (Å²) < 4.78 is 0. The van der Waals surface area contributed by atoms with Crippen LogP contribution in [-0.2, 0) is 13.1 Å². The van der Waals surface area contributed by atoms with Gasteiger partial charge in [0.25, 0.3) is 0 Å². The molecule has 4 rings (SSSR count). The van der Waals surface area contributed by atoms with Crippen molar-refractivity contribution in [3.05, 3.63) is 144 Å². The highest BCUT2D eigenvalue weighted by Gasteiger charge is 2.28. The molecule has 0 radical (unpaired) electrons. The van der Waals surface area contributed by atoms with E-state index < -0.39 is 0 Å². The van der Waals surface area contributed by atoms with E-state index in [-0.39, 0.29) is 12.1 Å². The lowest BCUT2D eigenvalue weighted by Gasteiger charge is -2.36. The van der Waals surface area contributed by atoms with E-state index in [2.05, 4.69) is 120 Å². The largest absolute Gasteiger partial charge is 0.322 e. The molecule has 0 spiro atoms. The lowest BCUT2D eigenvalue weighted by atomic mass is 9.92. The van der Waals surface area contributed by atoms with Gasteiger partial charge in [-0.2, -0.15) is 0 Å². The average Bonchev–Trinajstić information content (AvgIpc) is 2.82. The normalized spacial score (nSPS) is 13.1. The van der Waals surface area contributed by atoms with E-state index in [9.17, 15) is 0 Å². The third-order valence-corrected chi connectivity index (χ3v) is 5.52. The van der Waals surface area contributed by atoms with E-state index in [1.807, 2.05) is 6.07 Å². The molecule has 30 heavy (non-hydrogen) atoms. The van der Waals surface area contributed by atoms with Crippen LogP contribution in [0.4, 0.5) is 0 Å². The molecule has 0 aliphatic rings. The lowest BCUT2D eigenvalue weighted by molar-refractivity contribution is 0.153. The van der Waals surface area contributed by atoms with E-state index >= 15 is 0 Å². The summed E-state index contributed by atoms with van der Waals surface area (Å²) in [5, 5.41) is 0. The Kier molecular flexibility index (Phi) is 6.71. The molecule has 2 nitrogen and oxygen atoms in total. The van der Waals surface area contributed by atoms with E-state index in [1.54, 1.807) is 0 Å². The van der Waals surface area contributed by atoms with Gasteiger partial charge in [0.1, 0.15) is 0 Å². The van der Waals surface area contributed by atoms with Crippen molar-refractivity contribution in [2.45, 2.75) is 25.2 Å². The molecular formula is C28H28N2. The second kappa shape index (κ2) is 10.0. The SMILES string of the molecule is NC(c1ccccc1)C(c1ccccc1)N(Cc1ccccc1)Cc1ccccc1. The van der Waals surface area contributed by atoms with Gasteiger partial charge in [-0.3, -0.25) is 4.90 Å². The first kappa shape index (κ1) is 20.1. The molecule has 2 atom stereocenters. The first-order valence-electron chi connectivity index (χ1n) is 10.5. The van der Waals surface area contributed by atoms with Crippen LogP contribution >= 0.6 is 0 Å². The molecule has 0 amide bonds. The van der Waals surface area contributed by atoms with Crippen LogP contribution in [0.25, 0.3) is 0 Å². The fourth-order valence-electron chi connectivity index (χ4n) is 4.04. The molecule has 150 valence electrons. The zero-order valence-electron chi connectivity index (χ0n) is 17.1. The molecule has 0 aromatic heterocycles. The van der Waals surface area contributed by atoms with Crippen molar-refractivity contribution < 1.29 is 0 Å².